The van der Waals surface area contributed by atoms with Crippen molar-refractivity contribution < 1.29 is 9.53 Å². The minimum Gasteiger partial charge on any atom is -0.494 e. The van der Waals surface area contributed by atoms with Gasteiger partial charge in [-0.3, -0.25) is 9.89 Å². The number of carbonyl (C=O) groups is 1. The number of halogens is 1. The number of anilines is 1. The van der Waals surface area contributed by atoms with E-state index >= 15 is 0 Å². The molecule has 0 radical (unpaired) electrons. The Morgan fingerprint density at radius 2 is 1.97 bits per heavy atom. The molecule has 1 amide bonds. The molecule has 4 N–H and O–H groups in total. The molecule has 0 aliphatic carbocycles. The van der Waals surface area contributed by atoms with Crippen LogP contribution in [0.5, 0.6) is 5.75 Å². The van der Waals surface area contributed by atoms with Gasteiger partial charge in [0.2, 0.25) is 5.91 Å². The third-order valence-corrected chi connectivity index (χ3v) is 4.21. The predicted octanol–water partition coefficient (Wildman–Crippen LogP) is 3.85. The van der Waals surface area contributed by atoms with Crippen molar-refractivity contribution in [3.63, 3.8) is 0 Å². The van der Waals surface area contributed by atoms with Crippen LogP contribution < -0.4 is 15.8 Å². The van der Waals surface area contributed by atoms with E-state index in [4.69, 9.17) is 10.5 Å². The number of unbranched alkanes of at least 4 members (excludes halogenated alkanes) is 1. The maximum absolute atomic E-state index is 12.1. The first-order chi connectivity index (χ1) is 13.6. The van der Waals surface area contributed by atoms with Gasteiger partial charge in [0.1, 0.15) is 11.6 Å². The monoisotopic (exact) mass is 415 g/mol. The van der Waals surface area contributed by atoms with Gasteiger partial charge in [-0.05, 0) is 61.7 Å². The number of hydrogen-bond donors (Lipinski definition) is 3. The number of nitrogens with one attached hydrogen (secondary N) is 2. The molecule has 7 nitrogen and oxygen atoms in total. The Morgan fingerprint density at radius 1 is 1.17 bits per heavy atom. The second-order valence-corrected chi connectivity index (χ2v) is 6.56. The summed E-state index contributed by atoms with van der Waals surface area (Å²) >= 11 is 0. The lowest BCUT2D eigenvalue weighted by atomic mass is 10.2. The molecular formula is C21H26ClN5O2. The van der Waals surface area contributed by atoms with Crippen molar-refractivity contribution in [2.45, 2.75) is 32.7 Å². The van der Waals surface area contributed by atoms with E-state index in [9.17, 15) is 4.79 Å². The smallest absolute Gasteiger partial charge is 0.224 e. The van der Waals surface area contributed by atoms with Crippen LogP contribution in [0.1, 0.15) is 30.7 Å². The summed E-state index contributed by atoms with van der Waals surface area (Å²) in [5, 5.41) is 9.80. The van der Waals surface area contributed by atoms with Crippen LogP contribution in [0.3, 0.4) is 0 Å². The number of hydrogen-bond acceptors (Lipinski definition) is 5. The van der Waals surface area contributed by atoms with Gasteiger partial charge in [0, 0.05) is 17.7 Å². The minimum atomic E-state index is -0.00776. The van der Waals surface area contributed by atoms with E-state index in [1.807, 2.05) is 55.5 Å². The highest BCUT2D eigenvalue weighted by Gasteiger charge is 2.06. The molecule has 0 saturated heterocycles. The fourth-order valence-corrected chi connectivity index (χ4v) is 2.72. The van der Waals surface area contributed by atoms with Crippen LogP contribution in [-0.2, 0) is 11.3 Å². The van der Waals surface area contributed by atoms with Gasteiger partial charge in [0.05, 0.1) is 13.2 Å². The molecular weight excluding hydrogens is 390 g/mol. The SMILES string of the molecule is Cc1cccc(OCCCCC(=O)Nc2ccc(-c3n[nH]c(CN)n3)cc2)c1.Cl. The van der Waals surface area contributed by atoms with Gasteiger partial charge in [0.15, 0.2) is 5.82 Å². The second-order valence-electron chi connectivity index (χ2n) is 6.56. The Bertz CT molecular complexity index is 911. The van der Waals surface area contributed by atoms with Crippen LogP contribution in [0.25, 0.3) is 11.4 Å². The highest BCUT2D eigenvalue weighted by Crippen LogP contribution is 2.18. The number of amides is 1. The average molecular weight is 416 g/mol. The van der Waals surface area contributed by atoms with Gasteiger partial charge in [-0.25, -0.2) is 4.98 Å². The molecule has 0 bridgehead atoms. The molecule has 154 valence electrons. The van der Waals surface area contributed by atoms with Crippen molar-refractivity contribution >= 4 is 24.0 Å². The third kappa shape index (κ3) is 6.89. The first kappa shape index (κ1) is 22.4. The van der Waals surface area contributed by atoms with Crippen LogP contribution >= 0.6 is 12.4 Å². The quantitative estimate of drug-likeness (QED) is 0.460. The van der Waals surface area contributed by atoms with Gasteiger partial charge in [0.25, 0.3) is 0 Å². The molecule has 3 rings (SSSR count). The molecule has 0 spiro atoms. The van der Waals surface area contributed by atoms with Crippen molar-refractivity contribution in [1.82, 2.24) is 15.2 Å². The van der Waals surface area contributed by atoms with E-state index in [1.54, 1.807) is 0 Å². The van der Waals surface area contributed by atoms with Crippen molar-refractivity contribution in [1.29, 1.82) is 0 Å². The molecule has 29 heavy (non-hydrogen) atoms. The normalized spacial score (nSPS) is 10.3. The van der Waals surface area contributed by atoms with E-state index in [-0.39, 0.29) is 18.3 Å². The van der Waals surface area contributed by atoms with E-state index in [1.165, 1.54) is 5.56 Å². The van der Waals surface area contributed by atoms with E-state index in [0.717, 1.165) is 29.8 Å². The number of aryl methyl sites for hydroxylation is 1. The van der Waals surface area contributed by atoms with Crippen molar-refractivity contribution in [3.8, 4) is 17.1 Å². The zero-order valence-corrected chi connectivity index (χ0v) is 17.2. The van der Waals surface area contributed by atoms with E-state index in [0.29, 0.717) is 31.2 Å². The lowest BCUT2D eigenvalue weighted by Gasteiger charge is -2.08. The highest BCUT2D eigenvalue weighted by molar-refractivity contribution is 5.90. The van der Waals surface area contributed by atoms with Crippen molar-refractivity contribution in [2.75, 3.05) is 11.9 Å². The first-order valence-electron chi connectivity index (χ1n) is 9.35. The van der Waals surface area contributed by atoms with E-state index < -0.39 is 0 Å². The van der Waals surface area contributed by atoms with Crippen molar-refractivity contribution in [3.05, 3.63) is 59.9 Å². The summed E-state index contributed by atoms with van der Waals surface area (Å²) in [5.74, 6) is 2.09. The van der Waals surface area contributed by atoms with Crippen LogP contribution in [-0.4, -0.2) is 27.7 Å². The van der Waals surface area contributed by atoms with E-state index in [2.05, 4.69) is 20.5 Å². The first-order valence-corrected chi connectivity index (χ1v) is 9.35. The number of ether oxygens (including phenoxy) is 1. The summed E-state index contributed by atoms with van der Waals surface area (Å²) in [6.45, 7) is 2.95. The molecule has 3 aromatic rings. The molecule has 0 aliphatic heterocycles. The summed E-state index contributed by atoms with van der Waals surface area (Å²) in [6.07, 6.45) is 2.06. The maximum atomic E-state index is 12.1. The van der Waals surface area contributed by atoms with Gasteiger partial charge >= 0.3 is 0 Å². The number of H-pyrrole nitrogens is 1. The number of benzene rings is 2. The molecule has 2 aromatic carbocycles. The molecule has 0 fully saturated rings. The fourth-order valence-electron chi connectivity index (χ4n) is 2.72. The Morgan fingerprint density at radius 3 is 2.66 bits per heavy atom. The second kappa shape index (κ2) is 11.2. The molecule has 0 saturated carbocycles. The number of rotatable bonds is 9. The molecule has 1 heterocycles. The van der Waals surface area contributed by atoms with Gasteiger partial charge in [-0.1, -0.05) is 12.1 Å². The maximum Gasteiger partial charge on any atom is 0.224 e. The number of aromatic nitrogens is 3. The summed E-state index contributed by atoms with van der Waals surface area (Å²) in [4.78, 5) is 16.4. The number of nitrogens with zero attached hydrogens (tertiary/aromatic N) is 2. The molecule has 8 heteroatoms. The lowest BCUT2D eigenvalue weighted by Crippen LogP contribution is -2.11. The zero-order chi connectivity index (χ0) is 19.8. The fraction of sp³-hybridized carbons (Fsp3) is 0.286. The Balaban J connectivity index is 0.00000300. The van der Waals surface area contributed by atoms with Crippen molar-refractivity contribution in [2.24, 2.45) is 5.73 Å². The summed E-state index contributed by atoms with van der Waals surface area (Å²) in [7, 11) is 0. The molecule has 0 aliphatic rings. The van der Waals surface area contributed by atoms with Crippen LogP contribution in [0.4, 0.5) is 5.69 Å². The van der Waals surface area contributed by atoms with Gasteiger partial charge in [-0.15, -0.1) is 12.4 Å². The molecule has 0 unspecified atom stereocenters. The minimum absolute atomic E-state index is 0. The van der Waals surface area contributed by atoms with Gasteiger partial charge in [-0.2, -0.15) is 5.10 Å². The highest BCUT2D eigenvalue weighted by atomic mass is 35.5. The van der Waals surface area contributed by atoms with Crippen LogP contribution in [0.15, 0.2) is 48.5 Å². The van der Waals surface area contributed by atoms with Crippen LogP contribution in [0.2, 0.25) is 0 Å². The molecule has 0 atom stereocenters. The Labute approximate surface area is 176 Å². The zero-order valence-electron chi connectivity index (χ0n) is 16.4. The number of aromatic amines is 1. The molecule has 1 aromatic heterocycles. The van der Waals surface area contributed by atoms with Gasteiger partial charge < -0.3 is 15.8 Å². The number of carbonyl (C=O) groups excluding carboxylic acids is 1. The topological polar surface area (TPSA) is 106 Å². The largest absolute Gasteiger partial charge is 0.494 e. The Hall–Kier alpha value is -2.90. The summed E-state index contributed by atoms with van der Waals surface area (Å²) < 4.78 is 5.70. The lowest BCUT2D eigenvalue weighted by molar-refractivity contribution is -0.116. The summed E-state index contributed by atoms with van der Waals surface area (Å²) in [5.41, 5.74) is 8.31. The Kier molecular flexibility index (Phi) is 8.64. The predicted molar refractivity (Wildman–Crippen MR) is 116 cm³/mol. The standard InChI is InChI=1S/C21H25N5O2.ClH/c1-15-5-4-6-18(13-15)28-12-3-2-7-20(27)23-17-10-8-16(9-11-17)21-24-19(14-22)25-26-21;/h4-6,8-11,13H,2-3,7,12,14,22H2,1H3,(H,23,27)(H,24,25,26);1H. The number of nitrogens with two attached hydrogens (primary N) is 1. The third-order valence-electron chi connectivity index (χ3n) is 4.21. The average Bonchev–Trinajstić information content (AvgIpc) is 3.18. The summed E-state index contributed by atoms with van der Waals surface area (Å²) in [6, 6.07) is 15.4. The van der Waals surface area contributed by atoms with Crippen LogP contribution in [0, 0.1) is 6.92 Å².